The zero-order chi connectivity index (χ0) is 13.6. The van der Waals surface area contributed by atoms with E-state index in [1.807, 2.05) is 25.1 Å². The van der Waals surface area contributed by atoms with Crippen LogP contribution in [0.1, 0.15) is 32.8 Å². The Bertz CT molecular complexity index is 373. The van der Waals surface area contributed by atoms with Crippen LogP contribution in [0, 0.1) is 12.3 Å². The Morgan fingerprint density at radius 2 is 2.06 bits per heavy atom. The summed E-state index contributed by atoms with van der Waals surface area (Å²) >= 11 is 0. The minimum Gasteiger partial charge on any atom is -0.494 e. The van der Waals surface area contributed by atoms with Crippen LogP contribution in [0.4, 0.5) is 5.69 Å². The highest BCUT2D eigenvalue weighted by Crippen LogP contribution is 2.25. The lowest BCUT2D eigenvalue weighted by Crippen LogP contribution is -2.29. The van der Waals surface area contributed by atoms with Gasteiger partial charge in [0.25, 0.3) is 0 Å². The molecule has 0 aromatic heterocycles. The molecule has 0 saturated heterocycles. The number of nitrogens with one attached hydrogen (secondary N) is 1. The van der Waals surface area contributed by atoms with Gasteiger partial charge in [0.15, 0.2) is 0 Å². The average molecular weight is 251 g/mol. The highest BCUT2D eigenvalue weighted by atomic mass is 16.5. The first-order valence-corrected chi connectivity index (χ1v) is 6.63. The van der Waals surface area contributed by atoms with Gasteiger partial charge in [-0.25, -0.2) is 0 Å². The Kier molecular flexibility index (Phi) is 5.48. The first-order chi connectivity index (χ1) is 8.54. The summed E-state index contributed by atoms with van der Waals surface area (Å²) in [6.07, 6.45) is 0.951. The van der Waals surface area contributed by atoms with Crippen molar-refractivity contribution in [2.24, 2.45) is 5.41 Å². The number of aliphatic hydroxyl groups is 1. The molecule has 1 aromatic carbocycles. The molecule has 1 atom stereocenters. The maximum atomic E-state index is 9.39. The molecule has 0 bridgehead atoms. The van der Waals surface area contributed by atoms with Gasteiger partial charge in [-0.3, -0.25) is 0 Å². The van der Waals surface area contributed by atoms with Crippen molar-refractivity contribution in [2.75, 3.05) is 25.1 Å². The van der Waals surface area contributed by atoms with Crippen LogP contribution in [0.2, 0.25) is 0 Å². The van der Waals surface area contributed by atoms with E-state index in [2.05, 4.69) is 26.1 Å². The molecule has 1 rings (SSSR count). The van der Waals surface area contributed by atoms with Gasteiger partial charge in [0.05, 0.1) is 13.2 Å². The molecular weight excluding hydrogens is 226 g/mol. The number of hydrogen-bond acceptors (Lipinski definition) is 3. The molecule has 1 unspecified atom stereocenters. The summed E-state index contributed by atoms with van der Waals surface area (Å²) < 4.78 is 5.46. The molecule has 2 N–H and O–H groups in total. The van der Waals surface area contributed by atoms with Crippen molar-refractivity contribution in [1.82, 2.24) is 0 Å². The average Bonchev–Trinajstić information content (AvgIpc) is 2.38. The lowest BCUT2D eigenvalue weighted by molar-refractivity contribution is 0.149. The fourth-order valence-corrected chi connectivity index (χ4v) is 1.69. The molecule has 1 aromatic rings. The summed E-state index contributed by atoms with van der Waals surface area (Å²) in [6.45, 7) is 9.89. The maximum Gasteiger partial charge on any atom is 0.119 e. The zero-order valence-electron chi connectivity index (χ0n) is 11.9. The summed E-state index contributed by atoms with van der Waals surface area (Å²) in [5.41, 5.74) is 2.20. The van der Waals surface area contributed by atoms with Crippen molar-refractivity contribution in [3.63, 3.8) is 0 Å². The predicted molar refractivity (Wildman–Crippen MR) is 76.3 cm³/mol. The van der Waals surface area contributed by atoms with E-state index in [0.29, 0.717) is 6.61 Å². The number of aryl methyl sites for hydroxylation is 1. The summed E-state index contributed by atoms with van der Waals surface area (Å²) in [7, 11) is 0. The third kappa shape index (κ3) is 3.91. The largest absolute Gasteiger partial charge is 0.494 e. The molecule has 0 aliphatic rings. The van der Waals surface area contributed by atoms with Gasteiger partial charge in [0, 0.05) is 17.6 Å². The number of aliphatic hydroxyl groups excluding tert-OH is 1. The lowest BCUT2D eigenvalue weighted by Gasteiger charge is -2.27. The van der Waals surface area contributed by atoms with Crippen LogP contribution in [-0.2, 0) is 0 Å². The monoisotopic (exact) mass is 251 g/mol. The Morgan fingerprint density at radius 3 is 2.56 bits per heavy atom. The van der Waals surface area contributed by atoms with Gasteiger partial charge in [0.2, 0.25) is 0 Å². The van der Waals surface area contributed by atoms with E-state index in [1.54, 1.807) is 0 Å². The fraction of sp³-hybridized carbons (Fsp3) is 0.600. The quantitative estimate of drug-likeness (QED) is 0.782. The number of rotatable bonds is 7. The Morgan fingerprint density at radius 1 is 1.33 bits per heavy atom. The molecule has 0 saturated carbocycles. The minimum atomic E-state index is -0.0645. The van der Waals surface area contributed by atoms with Gasteiger partial charge in [-0.1, -0.05) is 13.8 Å². The molecular formula is C15H25NO2. The Hall–Kier alpha value is -1.22. The van der Waals surface area contributed by atoms with Crippen LogP contribution in [0.25, 0.3) is 0 Å². The summed E-state index contributed by atoms with van der Waals surface area (Å²) in [6, 6.07) is 6.04. The van der Waals surface area contributed by atoms with Crippen LogP contribution >= 0.6 is 0 Å². The lowest BCUT2D eigenvalue weighted by atomic mass is 9.88. The Balaban J connectivity index is 2.68. The molecule has 3 nitrogen and oxygen atoms in total. The number of ether oxygens (including phenoxy) is 1. The van der Waals surface area contributed by atoms with Crippen LogP contribution in [-0.4, -0.2) is 24.9 Å². The topological polar surface area (TPSA) is 41.5 Å². The van der Waals surface area contributed by atoms with Crippen molar-refractivity contribution in [2.45, 2.75) is 34.1 Å². The molecule has 0 aliphatic carbocycles. The number of hydrogen-bond donors (Lipinski definition) is 2. The second kappa shape index (κ2) is 6.64. The molecule has 0 fully saturated rings. The van der Waals surface area contributed by atoms with Gasteiger partial charge in [-0.05, 0) is 44.0 Å². The van der Waals surface area contributed by atoms with Crippen LogP contribution in [0.15, 0.2) is 18.2 Å². The van der Waals surface area contributed by atoms with Crippen molar-refractivity contribution >= 4 is 5.69 Å². The SMILES string of the molecule is CCOc1ccc(NCC(C)(CC)CO)c(C)c1. The Labute approximate surface area is 110 Å². The molecule has 0 aliphatic heterocycles. The first kappa shape index (κ1) is 14.8. The highest BCUT2D eigenvalue weighted by molar-refractivity contribution is 5.53. The van der Waals surface area contributed by atoms with Gasteiger partial charge in [-0.15, -0.1) is 0 Å². The third-order valence-electron chi connectivity index (χ3n) is 3.45. The second-order valence-corrected chi connectivity index (χ2v) is 5.09. The fourth-order valence-electron chi connectivity index (χ4n) is 1.69. The number of benzene rings is 1. The normalized spacial score (nSPS) is 14.1. The van der Waals surface area contributed by atoms with E-state index in [9.17, 15) is 5.11 Å². The van der Waals surface area contributed by atoms with E-state index in [0.717, 1.165) is 30.0 Å². The van der Waals surface area contributed by atoms with Gasteiger partial charge in [0.1, 0.15) is 5.75 Å². The zero-order valence-corrected chi connectivity index (χ0v) is 11.9. The highest BCUT2D eigenvalue weighted by Gasteiger charge is 2.20. The van der Waals surface area contributed by atoms with Crippen molar-refractivity contribution in [3.05, 3.63) is 23.8 Å². The van der Waals surface area contributed by atoms with E-state index in [1.165, 1.54) is 0 Å². The molecule has 0 spiro atoms. The van der Waals surface area contributed by atoms with E-state index >= 15 is 0 Å². The summed E-state index contributed by atoms with van der Waals surface area (Å²) in [4.78, 5) is 0. The molecule has 0 amide bonds. The van der Waals surface area contributed by atoms with Crippen molar-refractivity contribution in [3.8, 4) is 5.75 Å². The molecule has 0 heterocycles. The molecule has 102 valence electrons. The minimum absolute atomic E-state index is 0.0645. The standard InChI is InChI=1S/C15H25NO2/c1-5-15(4,11-17)10-16-14-8-7-13(18-6-2)9-12(14)3/h7-9,16-17H,5-6,10-11H2,1-4H3. The smallest absolute Gasteiger partial charge is 0.119 e. The van der Waals surface area contributed by atoms with Crippen LogP contribution in [0.5, 0.6) is 5.75 Å². The summed E-state index contributed by atoms with van der Waals surface area (Å²) in [5.74, 6) is 0.904. The van der Waals surface area contributed by atoms with Crippen LogP contribution < -0.4 is 10.1 Å². The summed E-state index contributed by atoms with van der Waals surface area (Å²) in [5, 5.41) is 12.8. The molecule has 3 heteroatoms. The van der Waals surface area contributed by atoms with Crippen LogP contribution in [0.3, 0.4) is 0 Å². The number of anilines is 1. The van der Waals surface area contributed by atoms with Gasteiger partial charge in [-0.2, -0.15) is 0 Å². The molecule has 18 heavy (non-hydrogen) atoms. The van der Waals surface area contributed by atoms with E-state index in [-0.39, 0.29) is 12.0 Å². The van der Waals surface area contributed by atoms with E-state index in [4.69, 9.17) is 4.74 Å². The van der Waals surface area contributed by atoms with Crippen molar-refractivity contribution < 1.29 is 9.84 Å². The molecule has 0 radical (unpaired) electrons. The second-order valence-electron chi connectivity index (χ2n) is 5.09. The van der Waals surface area contributed by atoms with E-state index < -0.39 is 0 Å². The van der Waals surface area contributed by atoms with Gasteiger partial charge >= 0.3 is 0 Å². The predicted octanol–water partition coefficient (Wildman–Crippen LogP) is 3.21. The first-order valence-electron chi connectivity index (χ1n) is 6.63. The maximum absolute atomic E-state index is 9.39. The van der Waals surface area contributed by atoms with Crippen molar-refractivity contribution in [1.29, 1.82) is 0 Å². The van der Waals surface area contributed by atoms with Gasteiger partial charge < -0.3 is 15.2 Å². The third-order valence-corrected chi connectivity index (χ3v) is 3.45.